The number of para-hydroxylation sites is 1. The maximum Gasteiger partial charge on any atom is 0.272 e. The van der Waals surface area contributed by atoms with Gasteiger partial charge in [0.25, 0.3) is 11.8 Å². The summed E-state index contributed by atoms with van der Waals surface area (Å²) in [6, 6.07) is 31.3. The van der Waals surface area contributed by atoms with Crippen LogP contribution in [-0.2, 0) is 9.59 Å². The maximum atomic E-state index is 13.4. The number of anilines is 2. The molecule has 0 heterocycles. The molecular weight excluding hydrogens is 598 g/mol. The molecule has 0 bridgehead atoms. The van der Waals surface area contributed by atoms with E-state index in [9.17, 15) is 14.4 Å². The molecule has 41 heavy (non-hydrogen) atoms. The molecule has 0 fully saturated rings. The first-order valence-electron chi connectivity index (χ1n) is 13.0. The van der Waals surface area contributed by atoms with Crippen molar-refractivity contribution in [2.45, 2.75) is 24.7 Å². The molecule has 3 amide bonds. The Bertz CT molecular complexity index is 1550. The van der Waals surface area contributed by atoms with Gasteiger partial charge >= 0.3 is 0 Å². The van der Waals surface area contributed by atoms with Crippen molar-refractivity contribution in [2.75, 3.05) is 16.4 Å². The Morgan fingerprint density at radius 3 is 2.24 bits per heavy atom. The molecule has 208 valence electrons. The molecule has 0 spiro atoms. The van der Waals surface area contributed by atoms with E-state index in [1.54, 1.807) is 48.5 Å². The van der Waals surface area contributed by atoms with Crippen LogP contribution in [0.15, 0.2) is 118 Å². The van der Waals surface area contributed by atoms with E-state index < -0.39 is 5.91 Å². The molecule has 4 aromatic rings. The molecule has 0 aliphatic heterocycles. The van der Waals surface area contributed by atoms with Gasteiger partial charge in [-0.05, 0) is 81.5 Å². The number of carbonyl (C=O) groups is 3. The van der Waals surface area contributed by atoms with Gasteiger partial charge in [0.2, 0.25) is 5.91 Å². The molecule has 0 saturated carbocycles. The Morgan fingerprint density at radius 1 is 0.829 bits per heavy atom. The zero-order valence-electron chi connectivity index (χ0n) is 22.7. The number of amides is 3. The predicted molar refractivity (Wildman–Crippen MR) is 171 cm³/mol. The highest BCUT2D eigenvalue weighted by molar-refractivity contribution is 9.10. The van der Waals surface area contributed by atoms with Gasteiger partial charge in [-0.25, -0.2) is 0 Å². The van der Waals surface area contributed by atoms with Gasteiger partial charge in [0.05, 0.1) is 11.4 Å². The molecule has 0 unspecified atom stereocenters. The van der Waals surface area contributed by atoms with Crippen molar-refractivity contribution in [3.05, 3.63) is 130 Å². The molecule has 6 nitrogen and oxygen atoms in total. The zero-order chi connectivity index (χ0) is 29.2. The van der Waals surface area contributed by atoms with Crippen molar-refractivity contribution in [1.82, 2.24) is 5.32 Å². The molecule has 4 aromatic carbocycles. The Morgan fingerprint density at radius 2 is 1.54 bits per heavy atom. The summed E-state index contributed by atoms with van der Waals surface area (Å²) in [5.41, 5.74) is 3.77. The fourth-order valence-electron chi connectivity index (χ4n) is 3.85. The molecule has 4 rings (SSSR count). The average Bonchev–Trinajstić information content (AvgIpc) is 2.98. The van der Waals surface area contributed by atoms with Gasteiger partial charge in [0, 0.05) is 20.6 Å². The van der Waals surface area contributed by atoms with E-state index in [2.05, 4.69) is 45.7 Å². The third-order valence-corrected chi connectivity index (χ3v) is 7.74. The van der Waals surface area contributed by atoms with Crippen LogP contribution in [0, 0.1) is 0 Å². The monoisotopic (exact) mass is 627 g/mol. The van der Waals surface area contributed by atoms with Crippen LogP contribution >= 0.6 is 27.7 Å². The molecule has 0 radical (unpaired) electrons. The van der Waals surface area contributed by atoms with E-state index in [1.165, 1.54) is 17.3 Å². The number of carbonyl (C=O) groups excluding carboxylic acids is 3. The molecular formula is C33H30BrN3O3S. The smallest absolute Gasteiger partial charge is 0.272 e. The minimum absolute atomic E-state index is 0.113. The first-order valence-corrected chi connectivity index (χ1v) is 14.8. The van der Waals surface area contributed by atoms with Crippen LogP contribution in [0.4, 0.5) is 11.4 Å². The fourth-order valence-corrected chi connectivity index (χ4v) is 4.98. The van der Waals surface area contributed by atoms with Gasteiger partial charge in [-0.15, -0.1) is 11.8 Å². The van der Waals surface area contributed by atoms with Crippen molar-refractivity contribution >= 4 is 62.9 Å². The number of benzene rings is 4. The van der Waals surface area contributed by atoms with Crippen LogP contribution in [-0.4, -0.2) is 23.5 Å². The summed E-state index contributed by atoms with van der Waals surface area (Å²) in [5, 5.41) is 8.53. The lowest BCUT2D eigenvalue weighted by molar-refractivity contribution is -0.114. The molecule has 0 aliphatic rings. The predicted octanol–water partition coefficient (Wildman–Crippen LogP) is 7.71. The minimum atomic E-state index is -0.462. The van der Waals surface area contributed by atoms with E-state index in [0.29, 0.717) is 22.9 Å². The topological polar surface area (TPSA) is 87.3 Å². The van der Waals surface area contributed by atoms with Gasteiger partial charge in [0.15, 0.2) is 0 Å². The Kier molecular flexibility index (Phi) is 10.5. The summed E-state index contributed by atoms with van der Waals surface area (Å²) < 4.78 is 0.808. The standard InChI is InChI=1S/C33H30BrN3O3S/c1-22(2)24-17-15-23(16-18-24)19-30(37-32(39)25-9-4-3-5-10-25)33(40)35-26-11-8-12-27(20-26)41-21-31(38)36-29-14-7-6-13-28(29)34/h3-20,22H,21H2,1-2H3,(H,35,40)(H,36,38)(H,37,39)/b30-19+. The quantitative estimate of drug-likeness (QED) is 0.124. The van der Waals surface area contributed by atoms with Crippen molar-refractivity contribution in [3.8, 4) is 0 Å². The van der Waals surface area contributed by atoms with Crippen molar-refractivity contribution in [3.63, 3.8) is 0 Å². The SMILES string of the molecule is CC(C)c1ccc(/C=C(/NC(=O)c2ccccc2)C(=O)Nc2cccc(SCC(=O)Nc3ccccc3Br)c2)cc1. The van der Waals surface area contributed by atoms with E-state index in [4.69, 9.17) is 0 Å². The number of nitrogens with one attached hydrogen (secondary N) is 3. The normalized spacial score (nSPS) is 11.2. The van der Waals surface area contributed by atoms with E-state index in [0.717, 1.165) is 14.9 Å². The molecule has 0 aromatic heterocycles. The highest BCUT2D eigenvalue weighted by Crippen LogP contribution is 2.25. The second-order valence-electron chi connectivity index (χ2n) is 9.50. The lowest BCUT2D eigenvalue weighted by Gasteiger charge is -2.13. The van der Waals surface area contributed by atoms with Crippen LogP contribution < -0.4 is 16.0 Å². The summed E-state index contributed by atoms with van der Waals surface area (Å²) >= 11 is 4.78. The van der Waals surface area contributed by atoms with E-state index in [-0.39, 0.29) is 23.3 Å². The van der Waals surface area contributed by atoms with E-state index >= 15 is 0 Å². The van der Waals surface area contributed by atoms with Gasteiger partial charge in [-0.2, -0.15) is 0 Å². The number of thioether (sulfide) groups is 1. The Balaban J connectivity index is 1.47. The van der Waals surface area contributed by atoms with Gasteiger partial charge in [0.1, 0.15) is 5.70 Å². The van der Waals surface area contributed by atoms with Crippen molar-refractivity contribution in [2.24, 2.45) is 0 Å². The highest BCUT2D eigenvalue weighted by atomic mass is 79.9. The lowest BCUT2D eigenvalue weighted by atomic mass is 10.0. The van der Waals surface area contributed by atoms with E-state index in [1.807, 2.05) is 60.7 Å². The fraction of sp³-hybridized carbons (Fsp3) is 0.121. The average molecular weight is 629 g/mol. The number of hydrogen-bond donors (Lipinski definition) is 3. The van der Waals surface area contributed by atoms with Crippen LogP contribution in [0.3, 0.4) is 0 Å². The van der Waals surface area contributed by atoms with Crippen LogP contribution in [0.25, 0.3) is 6.08 Å². The third kappa shape index (κ3) is 8.93. The summed E-state index contributed by atoms with van der Waals surface area (Å²) in [6.07, 6.45) is 1.66. The second-order valence-corrected chi connectivity index (χ2v) is 11.4. The largest absolute Gasteiger partial charge is 0.324 e. The molecule has 0 aliphatic carbocycles. The Labute approximate surface area is 252 Å². The summed E-state index contributed by atoms with van der Waals surface area (Å²) in [7, 11) is 0. The number of hydrogen-bond acceptors (Lipinski definition) is 4. The zero-order valence-corrected chi connectivity index (χ0v) is 25.1. The first-order chi connectivity index (χ1) is 19.8. The van der Waals surface area contributed by atoms with Crippen LogP contribution in [0.1, 0.15) is 41.3 Å². The molecule has 0 atom stereocenters. The van der Waals surface area contributed by atoms with Crippen LogP contribution in [0.5, 0.6) is 0 Å². The van der Waals surface area contributed by atoms with Gasteiger partial charge in [-0.1, -0.05) is 74.5 Å². The summed E-state index contributed by atoms with van der Waals surface area (Å²) in [4.78, 5) is 39.6. The van der Waals surface area contributed by atoms with Crippen molar-refractivity contribution < 1.29 is 14.4 Å². The van der Waals surface area contributed by atoms with Crippen molar-refractivity contribution in [1.29, 1.82) is 0 Å². The minimum Gasteiger partial charge on any atom is -0.324 e. The molecule has 3 N–H and O–H groups in total. The highest BCUT2D eigenvalue weighted by Gasteiger charge is 2.16. The summed E-state index contributed by atoms with van der Waals surface area (Å²) in [6.45, 7) is 4.23. The second kappa shape index (κ2) is 14.5. The van der Waals surface area contributed by atoms with Gasteiger partial charge in [-0.3, -0.25) is 14.4 Å². The lowest BCUT2D eigenvalue weighted by Crippen LogP contribution is -2.30. The Hall–Kier alpha value is -4.14. The number of halogens is 1. The van der Waals surface area contributed by atoms with Crippen LogP contribution in [0.2, 0.25) is 0 Å². The summed E-state index contributed by atoms with van der Waals surface area (Å²) in [5.74, 6) is -0.412. The first kappa shape index (κ1) is 29.8. The third-order valence-electron chi connectivity index (χ3n) is 6.05. The molecule has 8 heteroatoms. The number of rotatable bonds is 10. The van der Waals surface area contributed by atoms with Gasteiger partial charge < -0.3 is 16.0 Å². The molecule has 0 saturated heterocycles. The maximum absolute atomic E-state index is 13.4.